The Labute approximate surface area is 138 Å². The number of rotatable bonds is 5. The van der Waals surface area contributed by atoms with E-state index < -0.39 is 0 Å². The zero-order valence-corrected chi connectivity index (χ0v) is 14.1. The Bertz CT molecular complexity index is 503. The average molecular weight is 351 g/mol. The molecule has 2 rings (SSSR count). The summed E-state index contributed by atoms with van der Waals surface area (Å²) in [6.45, 7) is 2.74. The number of nitrogens with zero attached hydrogens (tertiary/aromatic N) is 1. The van der Waals surface area contributed by atoms with Gasteiger partial charge in [-0.15, -0.1) is 24.2 Å². The molecule has 1 saturated heterocycles. The first kappa shape index (κ1) is 18.2. The summed E-state index contributed by atoms with van der Waals surface area (Å²) in [5.41, 5.74) is 5.93. The van der Waals surface area contributed by atoms with Gasteiger partial charge >= 0.3 is 0 Å². The van der Waals surface area contributed by atoms with Crippen LogP contribution in [0, 0.1) is 6.92 Å². The van der Waals surface area contributed by atoms with Crippen molar-refractivity contribution in [1.82, 2.24) is 10.3 Å². The Kier molecular flexibility index (Phi) is 7.44. The fourth-order valence-corrected chi connectivity index (χ4v) is 3.85. The standard InChI is InChI=1S/C12H18N4O2S2.ClH/c1-7-11(19-6-9(13)17)20-12(15-7)16-10(18)8-4-2-3-5-14-8;/h8,14H,2-6H2,1H3,(H2,13,17)(H,15,16,18);1H. The van der Waals surface area contributed by atoms with E-state index in [0.717, 1.165) is 35.7 Å². The van der Waals surface area contributed by atoms with Crippen molar-refractivity contribution in [2.45, 2.75) is 36.4 Å². The number of piperidine rings is 1. The lowest BCUT2D eigenvalue weighted by Gasteiger charge is -2.21. The van der Waals surface area contributed by atoms with Crippen LogP contribution in [0.25, 0.3) is 0 Å². The number of primary amides is 1. The molecule has 0 radical (unpaired) electrons. The minimum atomic E-state index is -0.361. The highest BCUT2D eigenvalue weighted by Gasteiger charge is 2.21. The molecule has 1 aliphatic rings. The van der Waals surface area contributed by atoms with Gasteiger partial charge in [0.15, 0.2) is 5.13 Å². The van der Waals surface area contributed by atoms with Crippen molar-refractivity contribution in [3.05, 3.63) is 5.69 Å². The van der Waals surface area contributed by atoms with E-state index in [9.17, 15) is 9.59 Å². The van der Waals surface area contributed by atoms with Crippen molar-refractivity contribution in [3.63, 3.8) is 0 Å². The molecule has 1 aliphatic heterocycles. The van der Waals surface area contributed by atoms with Gasteiger partial charge in [-0.3, -0.25) is 9.59 Å². The molecular formula is C12H19ClN4O2S2. The normalized spacial score (nSPS) is 17.9. The monoisotopic (exact) mass is 350 g/mol. The zero-order valence-electron chi connectivity index (χ0n) is 11.7. The second-order valence-electron chi connectivity index (χ2n) is 4.64. The van der Waals surface area contributed by atoms with E-state index in [1.54, 1.807) is 0 Å². The van der Waals surface area contributed by atoms with Crippen LogP contribution in [-0.2, 0) is 9.59 Å². The van der Waals surface area contributed by atoms with Crippen LogP contribution in [0.2, 0.25) is 0 Å². The van der Waals surface area contributed by atoms with Crippen molar-refractivity contribution in [2.24, 2.45) is 5.73 Å². The lowest BCUT2D eigenvalue weighted by Crippen LogP contribution is -2.43. The number of hydrogen-bond donors (Lipinski definition) is 3. The number of amides is 2. The lowest BCUT2D eigenvalue weighted by atomic mass is 10.0. The van der Waals surface area contributed by atoms with Crippen LogP contribution in [-0.4, -0.2) is 35.1 Å². The quantitative estimate of drug-likeness (QED) is 0.700. The molecule has 6 nitrogen and oxygen atoms in total. The van der Waals surface area contributed by atoms with Gasteiger partial charge in [0.05, 0.1) is 21.7 Å². The summed E-state index contributed by atoms with van der Waals surface area (Å²) in [7, 11) is 0. The second kappa shape index (κ2) is 8.57. The van der Waals surface area contributed by atoms with E-state index in [4.69, 9.17) is 5.73 Å². The number of halogens is 1. The first-order valence-electron chi connectivity index (χ1n) is 6.49. The molecule has 9 heteroatoms. The molecule has 2 amide bonds. The predicted octanol–water partition coefficient (Wildman–Crippen LogP) is 1.53. The van der Waals surface area contributed by atoms with Crippen molar-refractivity contribution in [3.8, 4) is 0 Å². The molecule has 0 bridgehead atoms. The van der Waals surface area contributed by atoms with E-state index in [0.29, 0.717) is 5.13 Å². The van der Waals surface area contributed by atoms with Gasteiger partial charge < -0.3 is 16.4 Å². The third-order valence-electron chi connectivity index (χ3n) is 2.96. The number of aryl methyl sites for hydroxylation is 1. The van der Waals surface area contributed by atoms with Crippen LogP contribution in [0.5, 0.6) is 0 Å². The minimum Gasteiger partial charge on any atom is -0.369 e. The van der Waals surface area contributed by atoms with Crippen molar-refractivity contribution in [1.29, 1.82) is 0 Å². The number of hydrogen-bond acceptors (Lipinski definition) is 6. The van der Waals surface area contributed by atoms with Crippen LogP contribution in [0.1, 0.15) is 25.0 Å². The second-order valence-corrected chi connectivity index (χ2v) is 6.88. The van der Waals surface area contributed by atoms with Gasteiger partial charge in [-0.25, -0.2) is 4.98 Å². The maximum Gasteiger partial charge on any atom is 0.243 e. The van der Waals surface area contributed by atoms with Crippen molar-refractivity contribution >= 4 is 52.5 Å². The molecule has 1 aromatic heterocycles. The molecule has 1 fully saturated rings. The number of carbonyl (C=O) groups excluding carboxylic acids is 2. The summed E-state index contributed by atoms with van der Waals surface area (Å²) in [5.74, 6) is -0.176. The number of anilines is 1. The molecule has 21 heavy (non-hydrogen) atoms. The highest BCUT2D eigenvalue weighted by atomic mass is 35.5. The molecule has 1 atom stereocenters. The molecule has 118 valence electrons. The summed E-state index contributed by atoms with van der Waals surface area (Å²) >= 11 is 2.73. The van der Waals surface area contributed by atoms with Crippen molar-refractivity contribution in [2.75, 3.05) is 17.6 Å². The number of aromatic nitrogens is 1. The van der Waals surface area contributed by atoms with Gasteiger partial charge in [0.25, 0.3) is 0 Å². The molecular weight excluding hydrogens is 332 g/mol. The van der Waals surface area contributed by atoms with Gasteiger partial charge in [0.2, 0.25) is 11.8 Å². The van der Waals surface area contributed by atoms with E-state index >= 15 is 0 Å². The minimum absolute atomic E-state index is 0. The van der Waals surface area contributed by atoms with Crippen LogP contribution >= 0.6 is 35.5 Å². The topological polar surface area (TPSA) is 97.1 Å². The van der Waals surface area contributed by atoms with Gasteiger partial charge in [-0.2, -0.15) is 0 Å². The summed E-state index contributed by atoms with van der Waals surface area (Å²) < 4.78 is 0.913. The first-order valence-corrected chi connectivity index (χ1v) is 8.29. The van der Waals surface area contributed by atoms with Gasteiger partial charge in [0, 0.05) is 0 Å². The number of carbonyl (C=O) groups is 2. The molecule has 1 unspecified atom stereocenters. The third-order valence-corrected chi connectivity index (χ3v) is 5.41. The number of thioether (sulfide) groups is 1. The van der Waals surface area contributed by atoms with Crippen LogP contribution in [0.15, 0.2) is 4.21 Å². The van der Waals surface area contributed by atoms with Gasteiger partial charge in [-0.05, 0) is 26.3 Å². The molecule has 4 N–H and O–H groups in total. The lowest BCUT2D eigenvalue weighted by molar-refractivity contribution is -0.118. The number of nitrogens with two attached hydrogens (primary N) is 1. The highest BCUT2D eigenvalue weighted by molar-refractivity contribution is 8.01. The summed E-state index contributed by atoms with van der Waals surface area (Å²) in [4.78, 5) is 27.2. The Balaban J connectivity index is 0.00000220. The number of nitrogens with one attached hydrogen (secondary N) is 2. The highest BCUT2D eigenvalue weighted by Crippen LogP contribution is 2.31. The first-order chi connectivity index (χ1) is 9.56. The largest absolute Gasteiger partial charge is 0.369 e. The molecule has 0 aliphatic carbocycles. The fraction of sp³-hybridized carbons (Fsp3) is 0.583. The Hall–Kier alpha value is -0.830. The maximum atomic E-state index is 12.1. The van der Waals surface area contributed by atoms with Crippen LogP contribution in [0.3, 0.4) is 0 Å². The smallest absolute Gasteiger partial charge is 0.243 e. The molecule has 0 saturated carbocycles. The van der Waals surface area contributed by atoms with E-state index in [1.165, 1.54) is 23.1 Å². The molecule has 0 spiro atoms. The van der Waals surface area contributed by atoms with Gasteiger partial charge in [0.1, 0.15) is 0 Å². The molecule has 1 aromatic rings. The molecule has 2 heterocycles. The summed E-state index contributed by atoms with van der Waals surface area (Å²) in [6, 6.07) is -0.130. The zero-order chi connectivity index (χ0) is 14.5. The van der Waals surface area contributed by atoms with E-state index in [-0.39, 0.29) is 36.0 Å². The Morgan fingerprint density at radius 3 is 2.90 bits per heavy atom. The Morgan fingerprint density at radius 2 is 2.29 bits per heavy atom. The summed E-state index contributed by atoms with van der Waals surface area (Å²) in [6.07, 6.45) is 3.05. The predicted molar refractivity (Wildman–Crippen MR) is 88.3 cm³/mol. The SMILES string of the molecule is Cc1nc(NC(=O)C2CCCCN2)sc1SCC(N)=O.Cl. The van der Waals surface area contributed by atoms with Gasteiger partial charge in [-0.1, -0.05) is 17.8 Å². The number of thiazole rings is 1. The molecule has 0 aromatic carbocycles. The van der Waals surface area contributed by atoms with Crippen molar-refractivity contribution < 1.29 is 9.59 Å². The average Bonchev–Trinajstić information content (AvgIpc) is 2.77. The summed E-state index contributed by atoms with van der Waals surface area (Å²) in [5, 5.41) is 6.61. The van der Waals surface area contributed by atoms with E-state index in [2.05, 4.69) is 15.6 Å². The van der Waals surface area contributed by atoms with E-state index in [1.807, 2.05) is 6.92 Å². The maximum absolute atomic E-state index is 12.1. The fourth-order valence-electron chi connectivity index (χ4n) is 1.97. The van der Waals surface area contributed by atoms with Crippen LogP contribution in [0.4, 0.5) is 5.13 Å². The third kappa shape index (κ3) is 5.46. The van der Waals surface area contributed by atoms with Crippen LogP contribution < -0.4 is 16.4 Å². The Morgan fingerprint density at radius 1 is 1.52 bits per heavy atom.